The maximum atomic E-state index is 8.87. The molecule has 0 radical (unpaired) electrons. The quantitative estimate of drug-likeness (QED) is 0.737. The predicted molar refractivity (Wildman–Crippen MR) is 54.5 cm³/mol. The van der Waals surface area contributed by atoms with Crippen molar-refractivity contribution in [1.29, 1.82) is 0 Å². The Hall–Kier alpha value is -0.860. The molecule has 0 aliphatic heterocycles. The highest BCUT2D eigenvalue weighted by Crippen LogP contribution is 2.11. The summed E-state index contributed by atoms with van der Waals surface area (Å²) in [5.74, 6) is 0. The summed E-state index contributed by atoms with van der Waals surface area (Å²) in [5.41, 5.74) is 1.25. The molecule has 0 saturated carbocycles. The Morgan fingerprint density at radius 2 is 1.85 bits per heavy atom. The first kappa shape index (κ1) is 10.2. The molecule has 1 aromatic rings. The molecule has 0 aliphatic rings. The van der Waals surface area contributed by atoms with Gasteiger partial charge < -0.3 is 10.4 Å². The molecule has 0 heterocycles. The van der Waals surface area contributed by atoms with E-state index in [2.05, 4.69) is 24.4 Å². The summed E-state index contributed by atoms with van der Waals surface area (Å²) in [6.07, 6.45) is 0. The molecule has 0 aliphatic carbocycles. The van der Waals surface area contributed by atoms with E-state index in [0.29, 0.717) is 6.04 Å². The van der Waals surface area contributed by atoms with Gasteiger partial charge in [0, 0.05) is 12.1 Å². The van der Waals surface area contributed by atoms with Crippen molar-refractivity contribution in [3.05, 3.63) is 35.9 Å². The molecule has 0 unspecified atom stereocenters. The van der Waals surface area contributed by atoms with E-state index in [1.54, 1.807) is 0 Å². The summed E-state index contributed by atoms with van der Waals surface area (Å²) >= 11 is 0. The van der Waals surface area contributed by atoms with Crippen LogP contribution in [0.15, 0.2) is 30.3 Å². The number of nitrogens with one attached hydrogen (secondary N) is 1. The van der Waals surface area contributed by atoms with Crippen LogP contribution in [0.3, 0.4) is 0 Å². The number of benzene rings is 1. The van der Waals surface area contributed by atoms with Crippen molar-refractivity contribution in [3.8, 4) is 0 Å². The average molecular weight is 179 g/mol. The van der Waals surface area contributed by atoms with E-state index in [1.165, 1.54) is 5.56 Å². The molecule has 0 amide bonds. The van der Waals surface area contributed by atoms with Gasteiger partial charge in [-0.2, -0.15) is 0 Å². The fraction of sp³-hybridized carbons (Fsp3) is 0.455. The third-order valence-corrected chi connectivity index (χ3v) is 2.11. The van der Waals surface area contributed by atoms with Crippen molar-refractivity contribution in [2.45, 2.75) is 25.9 Å². The van der Waals surface area contributed by atoms with Crippen LogP contribution in [0.5, 0.6) is 0 Å². The third-order valence-electron chi connectivity index (χ3n) is 2.11. The van der Waals surface area contributed by atoms with Gasteiger partial charge in [-0.05, 0) is 19.4 Å². The Labute approximate surface area is 79.6 Å². The standard InChI is InChI=1S/C11H17NO/c1-9(8-13)12-10(2)11-6-4-3-5-7-11/h3-7,9-10,12-13H,8H2,1-2H3/t9-,10-/m0/s1. The summed E-state index contributed by atoms with van der Waals surface area (Å²) in [5, 5.41) is 12.2. The van der Waals surface area contributed by atoms with Crippen LogP contribution in [-0.2, 0) is 0 Å². The molecule has 1 aromatic carbocycles. The molecule has 0 spiro atoms. The van der Waals surface area contributed by atoms with Crippen molar-refractivity contribution in [2.24, 2.45) is 0 Å². The second kappa shape index (κ2) is 5.00. The zero-order chi connectivity index (χ0) is 9.68. The Balaban J connectivity index is 2.53. The van der Waals surface area contributed by atoms with E-state index < -0.39 is 0 Å². The summed E-state index contributed by atoms with van der Waals surface area (Å²) in [6, 6.07) is 10.7. The maximum Gasteiger partial charge on any atom is 0.0582 e. The number of aliphatic hydroxyl groups is 1. The minimum Gasteiger partial charge on any atom is -0.395 e. The first-order valence-corrected chi connectivity index (χ1v) is 4.66. The fourth-order valence-electron chi connectivity index (χ4n) is 1.32. The molecule has 1 rings (SSSR count). The van der Waals surface area contributed by atoms with Crippen molar-refractivity contribution < 1.29 is 5.11 Å². The molecule has 0 bridgehead atoms. The number of hydrogen-bond acceptors (Lipinski definition) is 2. The minimum atomic E-state index is 0.148. The van der Waals surface area contributed by atoms with Gasteiger partial charge in [-0.25, -0.2) is 0 Å². The fourth-order valence-corrected chi connectivity index (χ4v) is 1.32. The Morgan fingerprint density at radius 3 is 2.38 bits per heavy atom. The minimum absolute atomic E-state index is 0.148. The molecular weight excluding hydrogens is 162 g/mol. The molecule has 13 heavy (non-hydrogen) atoms. The van der Waals surface area contributed by atoms with Gasteiger partial charge in [-0.3, -0.25) is 0 Å². The van der Waals surface area contributed by atoms with E-state index >= 15 is 0 Å². The lowest BCUT2D eigenvalue weighted by molar-refractivity contribution is 0.243. The van der Waals surface area contributed by atoms with Gasteiger partial charge in [0.1, 0.15) is 0 Å². The summed E-state index contributed by atoms with van der Waals surface area (Å²) in [7, 11) is 0. The van der Waals surface area contributed by atoms with Crippen LogP contribution in [0.25, 0.3) is 0 Å². The van der Waals surface area contributed by atoms with Gasteiger partial charge in [0.15, 0.2) is 0 Å². The third kappa shape index (κ3) is 3.17. The van der Waals surface area contributed by atoms with Crippen molar-refractivity contribution >= 4 is 0 Å². The molecule has 2 nitrogen and oxygen atoms in total. The Morgan fingerprint density at radius 1 is 1.23 bits per heavy atom. The van der Waals surface area contributed by atoms with Gasteiger partial charge in [-0.15, -0.1) is 0 Å². The van der Waals surface area contributed by atoms with Gasteiger partial charge in [0.2, 0.25) is 0 Å². The van der Waals surface area contributed by atoms with Crippen molar-refractivity contribution in [2.75, 3.05) is 6.61 Å². The first-order valence-electron chi connectivity index (χ1n) is 4.66. The summed E-state index contributed by atoms with van der Waals surface area (Å²) in [6.45, 7) is 4.25. The van der Waals surface area contributed by atoms with Crippen LogP contribution >= 0.6 is 0 Å². The van der Waals surface area contributed by atoms with Crippen LogP contribution in [0.2, 0.25) is 0 Å². The monoisotopic (exact) mass is 179 g/mol. The second-order valence-corrected chi connectivity index (χ2v) is 3.38. The van der Waals surface area contributed by atoms with E-state index in [4.69, 9.17) is 5.11 Å². The van der Waals surface area contributed by atoms with Crippen molar-refractivity contribution in [3.63, 3.8) is 0 Å². The molecule has 0 fully saturated rings. The number of rotatable bonds is 4. The van der Waals surface area contributed by atoms with Gasteiger partial charge in [-0.1, -0.05) is 30.3 Å². The molecule has 0 aromatic heterocycles. The highest BCUT2D eigenvalue weighted by atomic mass is 16.3. The average Bonchev–Trinajstić information content (AvgIpc) is 2.19. The van der Waals surface area contributed by atoms with E-state index in [9.17, 15) is 0 Å². The lowest BCUT2D eigenvalue weighted by Gasteiger charge is -2.18. The predicted octanol–water partition coefficient (Wildman–Crippen LogP) is 1.72. The van der Waals surface area contributed by atoms with Crippen LogP contribution in [0.4, 0.5) is 0 Å². The zero-order valence-electron chi connectivity index (χ0n) is 8.20. The van der Waals surface area contributed by atoms with Crippen LogP contribution in [0, 0.1) is 0 Å². The SMILES string of the molecule is C[C@H](N[C@@H](C)CO)c1ccccc1. The normalized spacial score (nSPS) is 15.3. The first-order chi connectivity index (χ1) is 6.24. The molecular formula is C11H17NO. The second-order valence-electron chi connectivity index (χ2n) is 3.38. The van der Waals surface area contributed by atoms with Crippen LogP contribution in [0.1, 0.15) is 25.5 Å². The summed E-state index contributed by atoms with van der Waals surface area (Å²) in [4.78, 5) is 0. The molecule has 2 N–H and O–H groups in total. The van der Waals surface area contributed by atoms with Gasteiger partial charge in [0.05, 0.1) is 6.61 Å². The lowest BCUT2D eigenvalue weighted by atomic mass is 10.1. The highest BCUT2D eigenvalue weighted by molar-refractivity contribution is 5.18. The van der Waals surface area contributed by atoms with E-state index in [0.717, 1.165) is 0 Å². The highest BCUT2D eigenvalue weighted by Gasteiger charge is 2.06. The van der Waals surface area contributed by atoms with Crippen LogP contribution < -0.4 is 5.32 Å². The molecule has 2 atom stereocenters. The molecule has 72 valence electrons. The lowest BCUT2D eigenvalue weighted by Crippen LogP contribution is -2.31. The Kier molecular flexibility index (Phi) is 3.93. The van der Waals surface area contributed by atoms with Crippen molar-refractivity contribution in [1.82, 2.24) is 5.32 Å². The number of aliphatic hydroxyl groups excluding tert-OH is 1. The van der Waals surface area contributed by atoms with E-state index in [1.807, 2.05) is 25.1 Å². The van der Waals surface area contributed by atoms with Gasteiger partial charge in [0.25, 0.3) is 0 Å². The van der Waals surface area contributed by atoms with Crippen LogP contribution in [-0.4, -0.2) is 17.8 Å². The zero-order valence-corrected chi connectivity index (χ0v) is 8.20. The number of hydrogen-bond donors (Lipinski definition) is 2. The summed E-state index contributed by atoms with van der Waals surface area (Å²) < 4.78 is 0. The molecule has 0 saturated heterocycles. The topological polar surface area (TPSA) is 32.3 Å². The smallest absolute Gasteiger partial charge is 0.0582 e. The largest absolute Gasteiger partial charge is 0.395 e. The molecule has 2 heteroatoms. The van der Waals surface area contributed by atoms with Gasteiger partial charge >= 0.3 is 0 Å². The maximum absolute atomic E-state index is 8.87. The Bertz CT molecular complexity index is 235. The van der Waals surface area contributed by atoms with E-state index in [-0.39, 0.29) is 12.6 Å².